The van der Waals surface area contributed by atoms with Gasteiger partial charge in [0.2, 0.25) is 6.10 Å². The first-order chi connectivity index (χ1) is 6.69. The highest BCUT2D eigenvalue weighted by molar-refractivity contribution is 5.76. The van der Waals surface area contributed by atoms with Crippen molar-refractivity contribution in [3.05, 3.63) is 35.6 Å². The van der Waals surface area contributed by atoms with E-state index in [0.29, 0.717) is 5.56 Å². The minimum Gasteiger partial charge on any atom is -0.467 e. The first-order valence-electron chi connectivity index (χ1n) is 3.82. The maximum atomic E-state index is 12.5. The third-order valence-corrected chi connectivity index (χ3v) is 1.69. The molecule has 1 rings (SSSR count). The molecule has 4 nitrogen and oxygen atoms in total. The molecule has 0 radical (unpaired) electrons. The summed E-state index contributed by atoms with van der Waals surface area (Å²) in [4.78, 5) is 15.0. The number of carbonyl (C=O) groups is 1. The second-order valence-corrected chi connectivity index (χ2v) is 2.56. The molecule has 1 aromatic rings. The Bertz CT molecular complexity index is 309. The molecule has 0 fully saturated rings. The van der Waals surface area contributed by atoms with Crippen LogP contribution in [0.15, 0.2) is 24.3 Å². The van der Waals surface area contributed by atoms with Crippen LogP contribution in [0.4, 0.5) is 4.39 Å². The number of ether oxygens (including phenoxy) is 1. The summed E-state index contributed by atoms with van der Waals surface area (Å²) in [6.45, 7) is 0. The molecule has 0 spiro atoms. The van der Waals surface area contributed by atoms with E-state index in [1.807, 2.05) is 0 Å². The minimum atomic E-state index is -1.24. The maximum absolute atomic E-state index is 12.5. The highest BCUT2D eigenvalue weighted by Crippen LogP contribution is 2.17. The molecule has 0 aliphatic carbocycles. The average molecular weight is 200 g/mol. The van der Waals surface area contributed by atoms with Crippen molar-refractivity contribution in [3.63, 3.8) is 0 Å². The Hall–Kier alpha value is -1.46. The van der Waals surface area contributed by atoms with Crippen molar-refractivity contribution in [2.45, 2.75) is 6.10 Å². The van der Waals surface area contributed by atoms with Crippen LogP contribution in [0.5, 0.6) is 0 Å². The summed E-state index contributed by atoms with van der Waals surface area (Å²) in [7, 11) is 1.16. The molecule has 1 aromatic carbocycles. The largest absolute Gasteiger partial charge is 0.467 e. The molecule has 0 aliphatic heterocycles. The van der Waals surface area contributed by atoms with Gasteiger partial charge in [0.1, 0.15) is 5.82 Å². The number of esters is 1. The number of rotatable bonds is 3. The Kier molecular flexibility index (Phi) is 3.55. The fraction of sp³-hybridized carbons (Fsp3) is 0.222. The van der Waals surface area contributed by atoms with Crippen LogP contribution in [0.2, 0.25) is 0 Å². The van der Waals surface area contributed by atoms with Gasteiger partial charge in [0.05, 0.1) is 7.11 Å². The molecule has 76 valence electrons. The van der Waals surface area contributed by atoms with Crippen LogP contribution >= 0.6 is 0 Å². The summed E-state index contributed by atoms with van der Waals surface area (Å²) in [5.74, 6) is -1.19. The summed E-state index contributed by atoms with van der Waals surface area (Å²) in [6.07, 6.45) is -1.24. The summed E-state index contributed by atoms with van der Waals surface area (Å²) >= 11 is 0. The first-order valence-corrected chi connectivity index (χ1v) is 3.82. The molecule has 5 heteroatoms. The number of carbonyl (C=O) groups excluding carboxylic acids is 1. The Labute approximate surface area is 79.8 Å². The third-order valence-electron chi connectivity index (χ3n) is 1.69. The highest BCUT2D eigenvalue weighted by atomic mass is 19.1. The number of benzene rings is 1. The van der Waals surface area contributed by atoms with Gasteiger partial charge < -0.3 is 4.74 Å². The van der Waals surface area contributed by atoms with E-state index in [0.717, 1.165) is 19.2 Å². The molecular formula is C9H9FO4. The lowest BCUT2D eigenvalue weighted by Gasteiger charge is -2.10. The number of hydrogen-bond acceptors (Lipinski definition) is 4. The lowest BCUT2D eigenvalue weighted by atomic mass is 10.1. The Morgan fingerprint density at radius 2 is 2.00 bits per heavy atom. The normalized spacial score (nSPS) is 12.2. The summed E-state index contributed by atoms with van der Waals surface area (Å²) < 4.78 is 16.9. The van der Waals surface area contributed by atoms with E-state index in [9.17, 15) is 9.18 Å². The molecule has 1 unspecified atom stereocenters. The van der Waals surface area contributed by atoms with Gasteiger partial charge in [-0.1, -0.05) is 12.1 Å². The zero-order valence-corrected chi connectivity index (χ0v) is 7.44. The van der Waals surface area contributed by atoms with Crippen molar-refractivity contribution in [3.8, 4) is 0 Å². The lowest BCUT2D eigenvalue weighted by Crippen LogP contribution is -2.16. The molecule has 0 bridgehead atoms. The van der Waals surface area contributed by atoms with Gasteiger partial charge in [-0.3, -0.25) is 5.26 Å². The van der Waals surface area contributed by atoms with Crippen LogP contribution in [-0.4, -0.2) is 18.3 Å². The molecule has 1 atom stereocenters. The van der Waals surface area contributed by atoms with Gasteiger partial charge in [0, 0.05) is 0 Å². The second-order valence-electron chi connectivity index (χ2n) is 2.56. The smallest absolute Gasteiger partial charge is 0.343 e. The van der Waals surface area contributed by atoms with Crippen molar-refractivity contribution < 1.29 is 24.1 Å². The van der Waals surface area contributed by atoms with Crippen molar-refractivity contribution in [2.24, 2.45) is 0 Å². The standard InChI is InChI=1S/C9H9FO4/c1-13-9(11)8(14-12)6-2-4-7(10)5-3-6/h2-5,8,12H,1H3. The second kappa shape index (κ2) is 4.69. The van der Waals surface area contributed by atoms with E-state index < -0.39 is 17.9 Å². The SMILES string of the molecule is COC(=O)C(OO)c1ccc(F)cc1. The van der Waals surface area contributed by atoms with E-state index >= 15 is 0 Å². The zero-order valence-electron chi connectivity index (χ0n) is 7.44. The fourth-order valence-corrected chi connectivity index (χ4v) is 0.985. The van der Waals surface area contributed by atoms with Crippen molar-refractivity contribution >= 4 is 5.97 Å². The van der Waals surface area contributed by atoms with Gasteiger partial charge in [-0.25, -0.2) is 14.1 Å². The Balaban J connectivity index is 2.89. The van der Waals surface area contributed by atoms with Crippen LogP contribution < -0.4 is 0 Å². The van der Waals surface area contributed by atoms with Gasteiger partial charge in [0.25, 0.3) is 0 Å². The maximum Gasteiger partial charge on any atom is 0.343 e. The first kappa shape index (κ1) is 10.6. The van der Waals surface area contributed by atoms with Crippen LogP contribution in [0.1, 0.15) is 11.7 Å². The Morgan fingerprint density at radius 1 is 1.43 bits per heavy atom. The molecule has 0 heterocycles. The molecule has 0 aromatic heterocycles. The molecule has 14 heavy (non-hydrogen) atoms. The number of halogens is 1. The molecule has 1 N–H and O–H groups in total. The topological polar surface area (TPSA) is 55.8 Å². The van der Waals surface area contributed by atoms with Crippen LogP contribution in [-0.2, 0) is 14.4 Å². The predicted molar refractivity (Wildman–Crippen MR) is 44.9 cm³/mol. The van der Waals surface area contributed by atoms with Crippen LogP contribution in [0, 0.1) is 5.82 Å². The molecular weight excluding hydrogens is 191 g/mol. The van der Waals surface area contributed by atoms with Gasteiger partial charge in [-0.05, 0) is 17.7 Å². The summed E-state index contributed by atoms with van der Waals surface area (Å²) in [6, 6.07) is 4.97. The quantitative estimate of drug-likeness (QED) is 0.456. The van der Waals surface area contributed by atoms with E-state index in [2.05, 4.69) is 9.62 Å². The van der Waals surface area contributed by atoms with Gasteiger partial charge >= 0.3 is 5.97 Å². The third kappa shape index (κ3) is 2.27. The van der Waals surface area contributed by atoms with E-state index in [-0.39, 0.29) is 0 Å². The number of hydrogen-bond donors (Lipinski definition) is 1. The highest BCUT2D eigenvalue weighted by Gasteiger charge is 2.22. The fourth-order valence-electron chi connectivity index (χ4n) is 0.985. The lowest BCUT2D eigenvalue weighted by molar-refractivity contribution is -0.280. The number of methoxy groups -OCH3 is 1. The van der Waals surface area contributed by atoms with Crippen molar-refractivity contribution in [2.75, 3.05) is 7.11 Å². The van der Waals surface area contributed by atoms with Crippen molar-refractivity contribution in [1.29, 1.82) is 0 Å². The van der Waals surface area contributed by atoms with E-state index in [1.54, 1.807) is 0 Å². The van der Waals surface area contributed by atoms with Gasteiger partial charge in [0.15, 0.2) is 0 Å². The van der Waals surface area contributed by atoms with Crippen LogP contribution in [0.3, 0.4) is 0 Å². The minimum absolute atomic E-state index is 0.320. The molecule has 0 saturated carbocycles. The summed E-state index contributed by atoms with van der Waals surface area (Å²) in [5, 5.41) is 8.46. The van der Waals surface area contributed by atoms with Gasteiger partial charge in [-0.2, -0.15) is 0 Å². The zero-order chi connectivity index (χ0) is 10.6. The van der Waals surface area contributed by atoms with Crippen LogP contribution in [0.25, 0.3) is 0 Å². The van der Waals surface area contributed by atoms with Crippen molar-refractivity contribution in [1.82, 2.24) is 0 Å². The molecule has 0 amide bonds. The summed E-state index contributed by atoms with van der Waals surface area (Å²) in [5.41, 5.74) is 0.320. The average Bonchev–Trinajstić information content (AvgIpc) is 2.21. The Morgan fingerprint density at radius 3 is 2.43 bits per heavy atom. The van der Waals surface area contributed by atoms with E-state index in [1.165, 1.54) is 12.1 Å². The molecule has 0 aliphatic rings. The monoisotopic (exact) mass is 200 g/mol. The molecule has 0 saturated heterocycles. The predicted octanol–water partition coefficient (Wildman–Crippen LogP) is 1.53. The van der Waals surface area contributed by atoms with Gasteiger partial charge in [-0.15, -0.1) is 0 Å². The van der Waals surface area contributed by atoms with E-state index in [4.69, 9.17) is 5.26 Å².